The number of unbranched alkanes of at least 4 members (excludes halogenated alkanes) is 1. The summed E-state index contributed by atoms with van der Waals surface area (Å²) in [6, 6.07) is -0.554. The first-order valence-electron chi connectivity index (χ1n) is 5.91. The molecule has 0 atom stereocenters. The Balaban J connectivity index is 3.40. The highest BCUT2D eigenvalue weighted by Crippen LogP contribution is 2.04. The number of ether oxygens (including phenoxy) is 1. The van der Waals surface area contributed by atoms with Crippen LogP contribution in [0, 0.1) is 0 Å². The normalized spacial score (nSPS) is 9.56. The van der Waals surface area contributed by atoms with Crippen LogP contribution in [-0.2, 0) is 14.3 Å². The molecule has 2 amide bonds. The van der Waals surface area contributed by atoms with Crippen molar-refractivity contribution in [2.45, 2.75) is 38.5 Å². The Morgan fingerprint density at radius 2 is 1.78 bits per heavy atom. The van der Waals surface area contributed by atoms with E-state index in [-0.39, 0.29) is 18.2 Å². The van der Waals surface area contributed by atoms with Gasteiger partial charge in [0.1, 0.15) is 5.78 Å². The van der Waals surface area contributed by atoms with E-state index in [0.29, 0.717) is 38.6 Å². The molecule has 0 rings (SSSR count). The quantitative estimate of drug-likeness (QED) is 0.349. The molecule has 0 aliphatic heterocycles. The highest BCUT2D eigenvalue weighted by Gasteiger charge is 2.05. The molecule has 0 bridgehead atoms. The Kier molecular flexibility index (Phi) is 9.25. The number of urea groups is 1. The molecule has 0 aliphatic rings. The summed E-state index contributed by atoms with van der Waals surface area (Å²) in [7, 11) is 0. The van der Waals surface area contributed by atoms with E-state index >= 15 is 0 Å². The lowest BCUT2D eigenvalue weighted by atomic mass is 10.1. The maximum absolute atomic E-state index is 11.4. The summed E-state index contributed by atoms with van der Waals surface area (Å²) in [6.07, 6.45) is 4.04. The monoisotopic (exact) mass is 256 g/mol. The number of amides is 2. The topological polar surface area (TPSA) is 98.5 Å². The van der Waals surface area contributed by atoms with Gasteiger partial charge < -0.3 is 15.8 Å². The number of carbonyl (C=O) groups is 3. The molecular weight excluding hydrogens is 236 g/mol. The number of rotatable bonds is 10. The van der Waals surface area contributed by atoms with E-state index in [1.165, 1.54) is 0 Å². The zero-order chi connectivity index (χ0) is 13.8. The van der Waals surface area contributed by atoms with Gasteiger partial charge in [0.15, 0.2) is 0 Å². The van der Waals surface area contributed by atoms with Gasteiger partial charge in [0, 0.05) is 25.8 Å². The molecule has 3 N–H and O–H groups in total. The van der Waals surface area contributed by atoms with Crippen LogP contribution in [0.15, 0.2) is 12.8 Å². The van der Waals surface area contributed by atoms with Crippen molar-refractivity contribution in [1.29, 1.82) is 0 Å². The van der Waals surface area contributed by atoms with Crippen LogP contribution >= 0.6 is 0 Å². The molecule has 0 fully saturated rings. The molecule has 6 nitrogen and oxygen atoms in total. The fourth-order valence-electron chi connectivity index (χ4n) is 1.37. The number of hydrogen-bond donors (Lipinski definition) is 2. The number of ketones is 1. The predicted octanol–water partition coefficient (Wildman–Crippen LogP) is 1.25. The van der Waals surface area contributed by atoms with Gasteiger partial charge in [-0.25, -0.2) is 4.79 Å². The van der Waals surface area contributed by atoms with E-state index in [1.807, 2.05) is 0 Å². The average molecular weight is 256 g/mol. The lowest BCUT2D eigenvalue weighted by Crippen LogP contribution is -2.30. The average Bonchev–Trinajstić information content (AvgIpc) is 2.28. The van der Waals surface area contributed by atoms with Crippen LogP contribution in [-0.4, -0.2) is 24.3 Å². The summed E-state index contributed by atoms with van der Waals surface area (Å²) < 4.78 is 4.52. The second kappa shape index (κ2) is 10.3. The van der Waals surface area contributed by atoms with Crippen molar-refractivity contribution < 1.29 is 19.1 Å². The third-order valence-corrected chi connectivity index (χ3v) is 2.23. The molecule has 0 heterocycles. The number of nitrogens with one attached hydrogen (secondary N) is 1. The molecule has 0 aliphatic carbocycles. The highest BCUT2D eigenvalue weighted by atomic mass is 16.5. The summed E-state index contributed by atoms with van der Waals surface area (Å²) in [5.41, 5.74) is 4.89. The molecule has 0 aromatic rings. The van der Waals surface area contributed by atoms with Crippen molar-refractivity contribution >= 4 is 17.8 Å². The molecule has 102 valence electrons. The SMILES string of the molecule is C=COC(=O)CCCC(=O)CCCCNC(N)=O. The van der Waals surface area contributed by atoms with Crippen LogP contribution < -0.4 is 11.1 Å². The third-order valence-electron chi connectivity index (χ3n) is 2.23. The Bertz CT molecular complexity index is 302. The second-order valence-corrected chi connectivity index (χ2v) is 3.80. The van der Waals surface area contributed by atoms with E-state index in [1.54, 1.807) is 0 Å². The van der Waals surface area contributed by atoms with E-state index in [9.17, 15) is 14.4 Å². The van der Waals surface area contributed by atoms with E-state index in [0.717, 1.165) is 6.26 Å². The molecule has 0 spiro atoms. The van der Waals surface area contributed by atoms with Crippen molar-refractivity contribution in [2.24, 2.45) is 5.73 Å². The van der Waals surface area contributed by atoms with Crippen molar-refractivity contribution in [1.82, 2.24) is 5.32 Å². The van der Waals surface area contributed by atoms with Crippen LogP contribution in [0.4, 0.5) is 4.79 Å². The largest absolute Gasteiger partial charge is 0.435 e. The first-order valence-corrected chi connectivity index (χ1v) is 5.91. The van der Waals surface area contributed by atoms with Gasteiger partial charge in [-0.3, -0.25) is 9.59 Å². The minimum absolute atomic E-state index is 0.112. The second-order valence-electron chi connectivity index (χ2n) is 3.80. The molecular formula is C12H20N2O4. The Labute approximate surface area is 107 Å². The van der Waals surface area contributed by atoms with Crippen molar-refractivity contribution in [2.75, 3.05) is 6.54 Å². The van der Waals surface area contributed by atoms with Crippen LogP contribution in [0.2, 0.25) is 0 Å². The van der Waals surface area contributed by atoms with Gasteiger partial charge >= 0.3 is 12.0 Å². The predicted molar refractivity (Wildman–Crippen MR) is 66.6 cm³/mol. The van der Waals surface area contributed by atoms with Gasteiger partial charge in [-0.05, 0) is 19.3 Å². The van der Waals surface area contributed by atoms with E-state index < -0.39 is 6.03 Å². The van der Waals surface area contributed by atoms with Crippen LogP contribution in [0.25, 0.3) is 0 Å². The van der Waals surface area contributed by atoms with Gasteiger partial charge in [0.2, 0.25) is 0 Å². The molecule has 18 heavy (non-hydrogen) atoms. The van der Waals surface area contributed by atoms with E-state index in [4.69, 9.17) is 5.73 Å². The van der Waals surface area contributed by atoms with Crippen molar-refractivity contribution in [3.63, 3.8) is 0 Å². The Morgan fingerprint density at radius 3 is 2.39 bits per heavy atom. The summed E-state index contributed by atoms with van der Waals surface area (Å²) in [5.74, 6) is -0.260. The summed E-state index contributed by atoms with van der Waals surface area (Å²) in [6.45, 7) is 3.75. The zero-order valence-electron chi connectivity index (χ0n) is 10.4. The number of carbonyl (C=O) groups excluding carboxylic acids is 3. The molecule has 0 radical (unpaired) electrons. The number of Topliss-reactive ketones (excluding diaryl/α,β-unsaturated/α-hetero) is 1. The van der Waals surface area contributed by atoms with Gasteiger partial charge in [-0.1, -0.05) is 6.58 Å². The molecule has 0 unspecified atom stereocenters. The fraction of sp³-hybridized carbons (Fsp3) is 0.583. The van der Waals surface area contributed by atoms with Gasteiger partial charge in [-0.15, -0.1) is 0 Å². The lowest BCUT2D eigenvalue weighted by molar-refractivity contribution is -0.138. The third kappa shape index (κ3) is 10.7. The first-order chi connectivity index (χ1) is 8.56. The maximum atomic E-state index is 11.4. The van der Waals surface area contributed by atoms with Crippen LogP contribution in [0.5, 0.6) is 0 Å². The van der Waals surface area contributed by atoms with Crippen molar-refractivity contribution in [3.8, 4) is 0 Å². The molecule has 0 saturated heterocycles. The fourth-order valence-corrected chi connectivity index (χ4v) is 1.37. The first kappa shape index (κ1) is 16.1. The molecule has 0 aromatic heterocycles. The minimum Gasteiger partial charge on any atom is -0.435 e. The number of nitrogens with two attached hydrogens (primary N) is 1. The summed E-state index contributed by atoms with van der Waals surface area (Å²) in [4.78, 5) is 32.7. The van der Waals surface area contributed by atoms with Crippen LogP contribution in [0.3, 0.4) is 0 Å². The summed E-state index contributed by atoms with van der Waals surface area (Å²) >= 11 is 0. The van der Waals surface area contributed by atoms with Gasteiger partial charge in [0.25, 0.3) is 0 Å². The van der Waals surface area contributed by atoms with Crippen LogP contribution in [0.1, 0.15) is 38.5 Å². The zero-order valence-corrected chi connectivity index (χ0v) is 10.4. The standard InChI is InChI=1S/C12H20N2O4/c1-2-18-11(16)8-5-7-10(15)6-3-4-9-14-12(13)17/h2H,1,3-9H2,(H3,13,14,17). The van der Waals surface area contributed by atoms with E-state index in [2.05, 4.69) is 16.6 Å². The maximum Gasteiger partial charge on any atom is 0.312 e. The number of esters is 1. The number of primary amides is 1. The molecule has 6 heteroatoms. The summed E-state index contributed by atoms with van der Waals surface area (Å²) in [5, 5.41) is 2.45. The van der Waals surface area contributed by atoms with Gasteiger partial charge in [0.05, 0.1) is 6.26 Å². The molecule has 0 aromatic carbocycles. The Hall–Kier alpha value is -1.85. The smallest absolute Gasteiger partial charge is 0.312 e. The van der Waals surface area contributed by atoms with Gasteiger partial charge in [-0.2, -0.15) is 0 Å². The Morgan fingerprint density at radius 1 is 1.11 bits per heavy atom. The lowest BCUT2D eigenvalue weighted by Gasteiger charge is -2.02. The minimum atomic E-state index is -0.554. The molecule has 0 saturated carbocycles. The van der Waals surface area contributed by atoms with Crippen molar-refractivity contribution in [3.05, 3.63) is 12.8 Å². The highest BCUT2D eigenvalue weighted by molar-refractivity contribution is 5.79. The number of hydrogen-bond acceptors (Lipinski definition) is 4.